The lowest BCUT2D eigenvalue weighted by Gasteiger charge is -2.31. The van der Waals surface area contributed by atoms with Crippen molar-refractivity contribution in [1.82, 2.24) is 19.7 Å². The van der Waals surface area contributed by atoms with Crippen molar-refractivity contribution in [3.63, 3.8) is 0 Å². The maximum atomic E-state index is 15.9. The molecule has 0 amide bonds. The second-order valence-corrected chi connectivity index (χ2v) is 13.8. The second-order valence-electron chi connectivity index (χ2n) is 12.0. The van der Waals surface area contributed by atoms with Gasteiger partial charge in [-0.1, -0.05) is 6.42 Å². The summed E-state index contributed by atoms with van der Waals surface area (Å²) in [7, 11) is -1.91. The van der Waals surface area contributed by atoms with E-state index in [0.29, 0.717) is 67.0 Å². The summed E-state index contributed by atoms with van der Waals surface area (Å²) in [5.41, 5.74) is 0.718. The molecular weight excluding hydrogens is 678 g/mol. The first kappa shape index (κ1) is 34.9. The van der Waals surface area contributed by atoms with E-state index in [4.69, 9.17) is 18.9 Å². The maximum Gasteiger partial charge on any atom is 0.393 e. The van der Waals surface area contributed by atoms with Crippen molar-refractivity contribution in [2.24, 2.45) is 0 Å². The fourth-order valence-corrected chi connectivity index (χ4v) is 7.87. The Bertz CT molecular complexity index is 1940. The number of nitrogens with zero attached hydrogens (tertiary/aromatic N) is 6. The fourth-order valence-electron chi connectivity index (χ4n) is 6.41. The molecule has 2 aromatic heterocycles. The first-order chi connectivity index (χ1) is 24.1. The van der Waals surface area contributed by atoms with E-state index in [1.165, 1.54) is 31.2 Å². The molecule has 50 heavy (non-hydrogen) atoms. The number of benzene rings is 2. The van der Waals surface area contributed by atoms with Crippen LogP contribution in [0.1, 0.15) is 68.2 Å². The van der Waals surface area contributed by atoms with Gasteiger partial charge in [-0.25, -0.2) is 31.5 Å². The predicted molar refractivity (Wildman–Crippen MR) is 175 cm³/mol. The average molecular weight is 715 g/mol. The summed E-state index contributed by atoms with van der Waals surface area (Å²) in [6.45, 7) is 0.166. The number of halogens is 2. The first-order valence-electron chi connectivity index (χ1n) is 16.1. The molecule has 1 saturated carbocycles. The van der Waals surface area contributed by atoms with E-state index < -0.39 is 55.5 Å². The van der Waals surface area contributed by atoms with Crippen molar-refractivity contribution in [1.29, 1.82) is 0 Å². The molecular formula is C33H36F2N6O8S. The Labute approximate surface area is 287 Å². The zero-order valence-corrected chi connectivity index (χ0v) is 28.2. The van der Waals surface area contributed by atoms with E-state index >= 15 is 8.78 Å². The SMILES string of the molecule is COc1ccc(CN(c2ccncn2)S(=O)(=O)c2cc(F)c(O[C@H]3CCCC[C@@H]3c3cn(C4CCCCO4)nc3[N+](=O)[O-])cc2F)c(OC)c1. The summed E-state index contributed by atoms with van der Waals surface area (Å²) in [6.07, 6.45) is 7.59. The monoisotopic (exact) mass is 714 g/mol. The minimum atomic E-state index is -4.79. The van der Waals surface area contributed by atoms with E-state index in [0.717, 1.165) is 29.9 Å². The van der Waals surface area contributed by atoms with Crippen LogP contribution in [0.3, 0.4) is 0 Å². The van der Waals surface area contributed by atoms with Gasteiger partial charge in [0, 0.05) is 48.6 Å². The van der Waals surface area contributed by atoms with Crippen LogP contribution in [0.15, 0.2) is 60.0 Å². The van der Waals surface area contributed by atoms with Gasteiger partial charge in [0.1, 0.15) is 40.5 Å². The quantitative estimate of drug-likeness (QED) is 0.124. The summed E-state index contributed by atoms with van der Waals surface area (Å²) in [4.78, 5) is 18.4. The van der Waals surface area contributed by atoms with Gasteiger partial charge in [0.15, 0.2) is 17.8 Å². The molecule has 0 N–H and O–H groups in total. The summed E-state index contributed by atoms with van der Waals surface area (Å²) in [6, 6.07) is 7.34. The third-order valence-electron chi connectivity index (χ3n) is 8.93. The van der Waals surface area contributed by atoms with Crippen LogP contribution in [0.25, 0.3) is 0 Å². The number of hydrogen-bond donors (Lipinski definition) is 0. The topological polar surface area (TPSA) is 161 Å². The Morgan fingerprint density at radius 1 is 1.02 bits per heavy atom. The average Bonchev–Trinajstić information content (AvgIpc) is 3.59. The van der Waals surface area contributed by atoms with Crippen molar-refractivity contribution in [2.75, 3.05) is 25.1 Å². The minimum Gasteiger partial charge on any atom is -0.497 e. The molecule has 14 nitrogen and oxygen atoms in total. The third kappa shape index (κ3) is 7.19. The van der Waals surface area contributed by atoms with Crippen LogP contribution in [-0.2, 0) is 21.3 Å². The van der Waals surface area contributed by atoms with Crippen molar-refractivity contribution < 1.29 is 41.1 Å². The smallest absolute Gasteiger partial charge is 0.393 e. The largest absolute Gasteiger partial charge is 0.497 e. The third-order valence-corrected chi connectivity index (χ3v) is 10.7. The van der Waals surface area contributed by atoms with Gasteiger partial charge in [0.2, 0.25) is 0 Å². The molecule has 2 aromatic carbocycles. The van der Waals surface area contributed by atoms with Crippen molar-refractivity contribution in [3.05, 3.63) is 88.0 Å². The number of nitro groups is 1. The summed E-state index contributed by atoms with van der Waals surface area (Å²) >= 11 is 0. The molecule has 3 heterocycles. The van der Waals surface area contributed by atoms with Gasteiger partial charge in [0.25, 0.3) is 10.0 Å². The molecule has 17 heteroatoms. The number of anilines is 1. The van der Waals surface area contributed by atoms with Crippen molar-refractivity contribution in [3.8, 4) is 17.2 Å². The lowest BCUT2D eigenvalue weighted by atomic mass is 9.82. The fraction of sp³-hybridized carbons (Fsp3) is 0.424. The molecule has 1 unspecified atom stereocenters. The molecule has 0 spiro atoms. The lowest BCUT2D eigenvalue weighted by molar-refractivity contribution is -0.391. The zero-order valence-electron chi connectivity index (χ0n) is 27.4. The second kappa shape index (κ2) is 14.9. The molecule has 4 aromatic rings. The zero-order chi connectivity index (χ0) is 35.4. The lowest BCUT2D eigenvalue weighted by Crippen LogP contribution is -2.32. The molecule has 266 valence electrons. The van der Waals surface area contributed by atoms with Crippen LogP contribution < -0.4 is 18.5 Å². The molecule has 0 radical (unpaired) electrons. The highest BCUT2D eigenvalue weighted by atomic mass is 32.2. The minimum absolute atomic E-state index is 0.0937. The van der Waals surface area contributed by atoms with E-state index in [9.17, 15) is 18.5 Å². The molecule has 1 saturated heterocycles. The highest BCUT2D eigenvalue weighted by molar-refractivity contribution is 7.92. The van der Waals surface area contributed by atoms with Gasteiger partial charge >= 0.3 is 5.82 Å². The standard InChI is InChI=1S/C33H36F2N6O8S/c1-46-22-11-10-21(28(15-22)47-2)18-40(31-12-13-36-20-37-31)50(44,45)30-17-25(34)29(16-26(30)35)49-27-8-4-3-7-23(27)24-19-39(38-33(24)41(42)43)32-9-5-6-14-48-32/h10-13,15-17,19-20,23,27,32H,3-9,14,18H2,1-2H3/t23-,27+,32?/m1/s1. The number of ether oxygens (including phenoxy) is 4. The Morgan fingerprint density at radius 3 is 2.52 bits per heavy atom. The Balaban J connectivity index is 1.31. The number of aromatic nitrogens is 4. The van der Waals surface area contributed by atoms with Gasteiger partial charge in [-0.2, -0.15) is 4.68 Å². The Kier molecular flexibility index (Phi) is 10.4. The first-order valence-corrected chi connectivity index (χ1v) is 17.5. The summed E-state index contributed by atoms with van der Waals surface area (Å²) < 4.78 is 84.6. The normalized spacial score (nSPS) is 19.5. The van der Waals surface area contributed by atoms with E-state index in [1.807, 2.05) is 0 Å². The van der Waals surface area contributed by atoms with Crippen molar-refractivity contribution in [2.45, 2.75) is 74.6 Å². The Morgan fingerprint density at radius 2 is 1.82 bits per heavy atom. The van der Waals surface area contributed by atoms with Crippen LogP contribution in [0.5, 0.6) is 17.2 Å². The van der Waals surface area contributed by atoms with Crippen LogP contribution in [-0.4, -0.2) is 60.0 Å². The highest BCUT2D eigenvalue weighted by Crippen LogP contribution is 2.41. The van der Waals surface area contributed by atoms with Crippen molar-refractivity contribution >= 4 is 21.7 Å². The molecule has 2 aliphatic rings. The van der Waals surface area contributed by atoms with Crippen LogP contribution >= 0.6 is 0 Å². The van der Waals surface area contributed by atoms with E-state index in [1.54, 1.807) is 24.4 Å². The van der Waals surface area contributed by atoms with Gasteiger partial charge in [-0.3, -0.25) is 0 Å². The van der Waals surface area contributed by atoms with Gasteiger partial charge < -0.3 is 29.1 Å². The molecule has 1 aliphatic heterocycles. The summed E-state index contributed by atoms with van der Waals surface area (Å²) in [5, 5.41) is 16.3. The van der Waals surface area contributed by atoms with Gasteiger partial charge in [0.05, 0.1) is 37.6 Å². The molecule has 1 aliphatic carbocycles. The van der Waals surface area contributed by atoms with Crippen LogP contribution in [0.2, 0.25) is 0 Å². The molecule has 2 fully saturated rings. The van der Waals surface area contributed by atoms with Crippen LogP contribution in [0.4, 0.5) is 20.4 Å². The highest BCUT2D eigenvalue weighted by Gasteiger charge is 2.38. The maximum absolute atomic E-state index is 15.9. The van der Waals surface area contributed by atoms with Gasteiger partial charge in [-0.15, -0.1) is 0 Å². The van der Waals surface area contributed by atoms with Crippen LogP contribution in [0, 0.1) is 21.7 Å². The summed E-state index contributed by atoms with van der Waals surface area (Å²) in [5.74, 6) is -3.13. The number of methoxy groups -OCH3 is 2. The number of hydrogen-bond acceptors (Lipinski definition) is 11. The molecule has 3 atom stereocenters. The number of sulfonamides is 1. The predicted octanol–water partition coefficient (Wildman–Crippen LogP) is 6.08. The number of rotatable bonds is 12. The van der Waals surface area contributed by atoms with E-state index in [-0.39, 0.29) is 18.2 Å². The molecule has 0 bridgehead atoms. The molecule has 6 rings (SSSR count). The van der Waals surface area contributed by atoms with E-state index in [2.05, 4.69) is 15.1 Å². The Hall–Kier alpha value is -4.90. The van der Waals surface area contributed by atoms with Gasteiger partial charge in [-0.05, 0) is 55.6 Å².